The third kappa shape index (κ3) is 2.98. The number of hydrogen-bond acceptors (Lipinski definition) is 5. The second kappa shape index (κ2) is 6.85. The fraction of sp³-hybridized carbons (Fsp3) is 0.235. The van der Waals surface area contributed by atoms with Gasteiger partial charge in [-0.25, -0.2) is 4.79 Å². The van der Waals surface area contributed by atoms with E-state index in [-0.39, 0.29) is 5.97 Å². The van der Waals surface area contributed by atoms with Crippen LogP contribution < -0.4 is 14.2 Å². The van der Waals surface area contributed by atoms with Crippen molar-refractivity contribution in [1.82, 2.24) is 0 Å². The van der Waals surface area contributed by atoms with Gasteiger partial charge in [0.1, 0.15) is 17.2 Å². The van der Waals surface area contributed by atoms with Crippen LogP contribution >= 0.6 is 0 Å². The van der Waals surface area contributed by atoms with E-state index in [1.165, 1.54) is 7.11 Å². The van der Waals surface area contributed by atoms with Crippen LogP contribution in [0, 0.1) is 0 Å². The summed E-state index contributed by atoms with van der Waals surface area (Å²) in [6, 6.07) is 10.6. The van der Waals surface area contributed by atoms with E-state index in [0.717, 1.165) is 11.1 Å². The first-order valence-electron chi connectivity index (χ1n) is 6.63. The van der Waals surface area contributed by atoms with Gasteiger partial charge in [0, 0.05) is 12.1 Å². The smallest absolute Gasteiger partial charge is 0.337 e. The van der Waals surface area contributed by atoms with E-state index in [9.17, 15) is 4.79 Å². The van der Waals surface area contributed by atoms with E-state index in [4.69, 9.17) is 18.9 Å². The minimum Gasteiger partial charge on any atom is -0.496 e. The Balaban J connectivity index is 2.53. The Kier molecular flexibility index (Phi) is 4.88. The van der Waals surface area contributed by atoms with E-state index in [1.54, 1.807) is 45.6 Å². The topological polar surface area (TPSA) is 54.0 Å². The van der Waals surface area contributed by atoms with Crippen molar-refractivity contribution in [3.8, 4) is 28.4 Å². The average molecular weight is 302 g/mol. The van der Waals surface area contributed by atoms with E-state index >= 15 is 0 Å². The molecule has 0 saturated heterocycles. The van der Waals surface area contributed by atoms with Gasteiger partial charge in [0.25, 0.3) is 0 Å². The zero-order chi connectivity index (χ0) is 16.1. The molecule has 0 aliphatic heterocycles. The number of benzene rings is 2. The highest BCUT2D eigenvalue weighted by Gasteiger charge is 2.16. The van der Waals surface area contributed by atoms with Gasteiger partial charge in [-0.2, -0.15) is 0 Å². The lowest BCUT2D eigenvalue weighted by atomic mass is 10.0. The minimum absolute atomic E-state index is 0.375. The van der Waals surface area contributed by atoms with Gasteiger partial charge < -0.3 is 18.9 Å². The van der Waals surface area contributed by atoms with Gasteiger partial charge in [-0.1, -0.05) is 12.1 Å². The molecule has 5 nitrogen and oxygen atoms in total. The summed E-state index contributed by atoms with van der Waals surface area (Å²) < 4.78 is 20.8. The van der Waals surface area contributed by atoms with Crippen molar-refractivity contribution in [2.24, 2.45) is 0 Å². The van der Waals surface area contributed by atoms with Gasteiger partial charge in [0.15, 0.2) is 0 Å². The van der Waals surface area contributed by atoms with Crippen LogP contribution in [0.3, 0.4) is 0 Å². The SMILES string of the molecule is COC(=O)c1ccc(-c2c(OC)cc(OC)cc2OC)cc1. The van der Waals surface area contributed by atoms with Crippen molar-refractivity contribution in [2.75, 3.05) is 28.4 Å². The van der Waals surface area contributed by atoms with Crippen molar-refractivity contribution < 1.29 is 23.7 Å². The average Bonchev–Trinajstić information content (AvgIpc) is 2.59. The fourth-order valence-electron chi connectivity index (χ4n) is 2.18. The van der Waals surface area contributed by atoms with E-state index < -0.39 is 0 Å². The lowest BCUT2D eigenvalue weighted by Crippen LogP contribution is -2.00. The molecule has 0 bridgehead atoms. The monoisotopic (exact) mass is 302 g/mol. The molecule has 2 aromatic carbocycles. The van der Waals surface area contributed by atoms with Crippen LogP contribution in [-0.2, 0) is 4.74 Å². The number of esters is 1. The molecule has 0 amide bonds. The van der Waals surface area contributed by atoms with Gasteiger partial charge in [-0.15, -0.1) is 0 Å². The summed E-state index contributed by atoms with van der Waals surface area (Å²) in [7, 11) is 6.10. The van der Waals surface area contributed by atoms with Gasteiger partial charge in [0.2, 0.25) is 0 Å². The lowest BCUT2D eigenvalue weighted by Gasteiger charge is -2.15. The first-order chi connectivity index (χ1) is 10.6. The van der Waals surface area contributed by atoms with E-state index in [1.807, 2.05) is 12.1 Å². The third-order valence-electron chi connectivity index (χ3n) is 3.31. The molecule has 2 rings (SSSR count). The molecule has 116 valence electrons. The van der Waals surface area contributed by atoms with Crippen molar-refractivity contribution in [2.45, 2.75) is 0 Å². The summed E-state index contributed by atoms with van der Waals surface area (Å²) in [6.07, 6.45) is 0. The van der Waals surface area contributed by atoms with Gasteiger partial charge in [0.05, 0.1) is 39.6 Å². The number of methoxy groups -OCH3 is 4. The predicted molar refractivity (Wildman–Crippen MR) is 82.9 cm³/mol. The maximum Gasteiger partial charge on any atom is 0.337 e. The second-order valence-corrected chi connectivity index (χ2v) is 4.48. The van der Waals surface area contributed by atoms with E-state index in [2.05, 4.69) is 0 Å². The molecule has 0 aliphatic rings. The Labute approximate surface area is 129 Å². The molecule has 5 heteroatoms. The molecule has 0 unspecified atom stereocenters. The highest BCUT2D eigenvalue weighted by molar-refractivity contribution is 5.90. The maximum atomic E-state index is 11.5. The summed E-state index contributed by atoms with van der Waals surface area (Å²) >= 11 is 0. The summed E-state index contributed by atoms with van der Waals surface area (Å²) in [6.45, 7) is 0. The summed E-state index contributed by atoms with van der Waals surface area (Å²) in [4.78, 5) is 11.5. The molecule has 22 heavy (non-hydrogen) atoms. The fourth-order valence-corrected chi connectivity index (χ4v) is 2.18. The molecule has 0 aromatic heterocycles. The number of carbonyl (C=O) groups is 1. The van der Waals surface area contributed by atoms with Gasteiger partial charge >= 0.3 is 5.97 Å². The van der Waals surface area contributed by atoms with Crippen LogP contribution in [0.5, 0.6) is 17.2 Å². The predicted octanol–water partition coefficient (Wildman–Crippen LogP) is 3.17. The Bertz CT molecular complexity index is 636. The van der Waals surface area contributed by atoms with Crippen molar-refractivity contribution in [1.29, 1.82) is 0 Å². The first-order valence-corrected chi connectivity index (χ1v) is 6.63. The third-order valence-corrected chi connectivity index (χ3v) is 3.31. The Morgan fingerprint density at radius 3 is 1.77 bits per heavy atom. The molecule has 0 saturated carbocycles. The summed E-state index contributed by atoms with van der Waals surface area (Å²) in [5.74, 6) is 1.52. The van der Waals surface area contributed by atoms with Crippen LogP contribution in [-0.4, -0.2) is 34.4 Å². The number of hydrogen-bond donors (Lipinski definition) is 0. The quantitative estimate of drug-likeness (QED) is 0.794. The van der Waals surface area contributed by atoms with E-state index in [0.29, 0.717) is 22.8 Å². The second-order valence-electron chi connectivity index (χ2n) is 4.48. The lowest BCUT2D eigenvalue weighted by molar-refractivity contribution is 0.0601. The summed E-state index contributed by atoms with van der Waals surface area (Å²) in [5, 5.41) is 0. The molecule has 2 aromatic rings. The first kappa shape index (κ1) is 15.7. The molecular weight excluding hydrogens is 284 g/mol. The standard InChI is InChI=1S/C17H18O5/c1-19-13-9-14(20-2)16(15(10-13)21-3)11-5-7-12(8-6-11)17(18)22-4/h5-10H,1-4H3. The number of rotatable bonds is 5. The molecule has 0 N–H and O–H groups in total. The molecule has 0 heterocycles. The van der Waals surface area contributed by atoms with Crippen LogP contribution in [0.15, 0.2) is 36.4 Å². The van der Waals surface area contributed by atoms with Crippen LogP contribution in [0.2, 0.25) is 0 Å². The van der Waals surface area contributed by atoms with Crippen molar-refractivity contribution in [3.05, 3.63) is 42.0 Å². The maximum absolute atomic E-state index is 11.5. The highest BCUT2D eigenvalue weighted by atomic mass is 16.5. The Morgan fingerprint density at radius 2 is 1.36 bits per heavy atom. The Morgan fingerprint density at radius 1 is 0.818 bits per heavy atom. The van der Waals surface area contributed by atoms with Gasteiger partial charge in [-0.05, 0) is 17.7 Å². The normalized spacial score (nSPS) is 10.0. The molecule has 0 spiro atoms. The number of ether oxygens (including phenoxy) is 4. The van der Waals surface area contributed by atoms with Crippen LogP contribution in [0.25, 0.3) is 11.1 Å². The van der Waals surface area contributed by atoms with Gasteiger partial charge in [-0.3, -0.25) is 0 Å². The minimum atomic E-state index is -0.375. The molecular formula is C17H18O5. The Hall–Kier alpha value is -2.69. The molecule has 0 fully saturated rings. The molecule has 0 atom stereocenters. The summed E-state index contributed by atoms with van der Waals surface area (Å²) in [5.41, 5.74) is 2.14. The largest absolute Gasteiger partial charge is 0.496 e. The zero-order valence-electron chi connectivity index (χ0n) is 13.0. The van der Waals surface area contributed by atoms with Crippen LogP contribution in [0.1, 0.15) is 10.4 Å². The highest BCUT2D eigenvalue weighted by Crippen LogP contribution is 2.41. The zero-order valence-corrected chi connectivity index (χ0v) is 13.0. The number of carbonyl (C=O) groups excluding carboxylic acids is 1. The molecule has 0 aliphatic carbocycles. The van der Waals surface area contributed by atoms with Crippen molar-refractivity contribution >= 4 is 5.97 Å². The molecule has 0 radical (unpaired) electrons. The van der Waals surface area contributed by atoms with Crippen molar-refractivity contribution in [3.63, 3.8) is 0 Å². The van der Waals surface area contributed by atoms with Crippen LogP contribution in [0.4, 0.5) is 0 Å².